The number of hydrogen-bond acceptors (Lipinski definition) is 5. The molecule has 0 atom stereocenters. The number of nitrogens with one attached hydrogen (secondary N) is 1. The Labute approximate surface area is 140 Å². The van der Waals surface area contributed by atoms with Gasteiger partial charge in [-0.3, -0.25) is 10.1 Å². The fraction of sp³-hybridized carbons (Fsp3) is 0.333. The van der Waals surface area contributed by atoms with Gasteiger partial charge in [0.2, 0.25) is 0 Å². The van der Waals surface area contributed by atoms with Gasteiger partial charge in [-0.2, -0.15) is 13.2 Å². The fourth-order valence-electron chi connectivity index (χ4n) is 1.82. The van der Waals surface area contributed by atoms with Crippen LogP contribution in [0.4, 0.5) is 18.3 Å². The first-order valence-electron chi connectivity index (χ1n) is 7.08. The van der Waals surface area contributed by atoms with E-state index < -0.39 is 17.8 Å². The molecule has 1 amide bonds. The van der Waals surface area contributed by atoms with Gasteiger partial charge in [-0.25, -0.2) is 4.98 Å². The average Bonchev–Trinajstić information content (AvgIpc) is 2.98. The van der Waals surface area contributed by atoms with Crippen LogP contribution in [0.3, 0.4) is 0 Å². The van der Waals surface area contributed by atoms with Crippen LogP contribution in [0.1, 0.15) is 29.9 Å². The molecular formula is C15H15F3N2O3S. The molecule has 0 fully saturated rings. The first-order chi connectivity index (χ1) is 11.3. The Morgan fingerprint density at radius 2 is 1.88 bits per heavy atom. The van der Waals surface area contributed by atoms with Crippen LogP contribution in [0.15, 0.2) is 23.6 Å². The number of rotatable bonds is 6. The molecule has 130 valence electrons. The minimum Gasteiger partial charge on any atom is -0.490 e. The summed E-state index contributed by atoms with van der Waals surface area (Å²) in [5.74, 6) is 0.300. The van der Waals surface area contributed by atoms with Gasteiger partial charge in [0, 0.05) is 10.9 Å². The number of carbonyl (C=O) groups is 1. The van der Waals surface area contributed by atoms with Gasteiger partial charge in [-0.15, -0.1) is 11.3 Å². The van der Waals surface area contributed by atoms with E-state index in [-0.39, 0.29) is 10.7 Å². The summed E-state index contributed by atoms with van der Waals surface area (Å²) < 4.78 is 48.4. The second-order valence-corrected chi connectivity index (χ2v) is 5.38. The van der Waals surface area contributed by atoms with Crippen molar-refractivity contribution in [2.75, 3.05) is 18.5 Å². The molecule has 0 aliphatic heterocycles. The van der Waals surface area contributed by atoms with Crippen molar-refractivity contribution in [3.05, 3.63) is 34.8 Å². The number of amides is 1. The summed E-state index contributed by atoms with van der Waals surface area (Å²) >= 11 is 0.706. The molecule has 2 rings (SSSR count). The summed E-state index contributed by atoms with van der Waals surface area (Å²) in [6.45, 7) is 4.42. The first kappa shape index (κ1) is 18.1. The molecule has 0 aliphatic rings. The van der Waals surface area contributed by atoms with E-state index in [1.165, 1.54) is 12.1 Å². The zero-order valence-corrected chi connectivity index (χ0v) is 13.8. The van der Waals surface area contributed by atoms with Crippen LogP contribution in [0.5, 0.6) is 11.5 Å². The third-order valence-corrected chi connectivity index (χ3v) is 3.58. The van der Waals surface area contributed by atoms with E-state index >= 15 is 0 Å². The summed E-state index contributed by atoms with van der Waals surface area (Å²) in [4.78, 5) is 15.5. The number of benzene rings is 1. The van der Waals surface area contributed by atoms with Crippen molar-refractivity contribution >= 4 is 22.4 Å². The Balaban J connectivity index is 2.17. The van der Waals surface area contributed by atoms with Crippen LogP contribution < -0.4 is 14.8 Å². The molecule has 2 aromatic rings. The van der Waals surface area contributed by atoms with Gasteiger partial charge in [0.05, 0.1) is 13.2 Å². The van der Waals surface area contributed by atoms with Crippen molar-refractivity contribution in [3.8, 4) is 11.5 Å². The SMILES string of the molecule is CCOc1ccc(C(=O)Nc2nc(C(F)(F)F)cs2)cc1OCC. The maximum atomic E-state index is 12.5. The lowest BCUT2D eigenvalue weighted by molar-refractivity contribution is -0.140. The van der Waals surface area contributed by atoms with E-state index in [9.17, 15) is 18.0 Å². The van der Waals surface area contributed by atoms with Gasteiger partial charge in [0.25, 0.3) is 5.91 Å². The first-order valence-corrected chi connectivity index (χ1v) is 7.96. The number of anilines is 1. The van der Waals surface area contributed by atoms with E-state index in [0.29, 0.717) is 36.0 Å². The number of ether oxygens (including phenoxy) is 2. The molecule has 0 saturated carbocycles. The zero-order chi connectivity index (χ0) is 17.7. The highest BCUT2D eigenvalue weighted by Crippen LogP contribution is 2.32. The van der Waals surface area contributed by atoms with Crippen molar-refractivity contribution < 1.29 is 27.4 Å². The maximum absolute atomic E-state index is 12.5. The van der Waals surface area contributed by atoms with E-state index in [0.717, 1.165) is 5.38 Å². The van der Waals surface area contributed by atoms with E-state index in [1.807, 2.05) is 6.92 Å². The van der Waals surface area contributed by atoms with Crippen LogP contribution in [-0.2, 0) is 6.18 Å². The highest BCUT2D eigenvalue weighted by Gasteiger charge is 2.33. The number of aromatic nitrogens is 1. The van der Waals surface area contributed by atoms with Gasteiger partial charge in [-0.05, 0) is 32.0 Å². The predicted molar refractivity (Wildman–Crippen MR) is 83.8 cm³/mol. The predicted octanol–water partition coefficient (Wildman–Crippen LogP) is 4.21. The molecule has 1 aromatic heterocycles. The summed E-state index contributed by atoms with van der Waals surface area (Å²) in [5.41, 5.74) is -0.810. The van der Waals surface area contributed by atoms with E-state index in [2.05, 4.69) is 10.3 Å². The molecule has 0 saturated heterocycles. The average molecular weight is 360 g/mol. The Bertz CT molecular complexity index is 716. The summed E-state index contributed by atoms with van der Waals surface area (Å²) in [6.07, 6.45) is -4.54. The molecule has 0 radical (unpaired) electrons. The van der Waals surface area contributed by atoms with E-state index in [1.54, 1.807) is 13.0 Å². The topological polar surface area (TPSA) is 60.5 Å². The Kier molecular flexibility index (Phi) is 5.66. The summed E-state index contributed by atoms with van der Waals surface area (Å²) in [7, 11) is 0. The van der Waals surface area contributed by atoms with Gasteiger partial charge in [0.1, 0.15) is 0 Å². The normalized spacial score (nSPS) is 11.2. The molecule has 24 heavy (non-hydrogen) atoms. The molecule has 0 unspecified atom stereocenters. The van der Waals surface area contributed by atoms with Crippen molar-refractivity contribution in [3.63, 3.8) is 0 Å². The van der Waals surface area contributed by atoms with Crippen LogP contribution >= 0.6 is 11.3 Å². The smallest absolute Gasteiger partial charge is 0.434 e. The third kappa shape index (κ3) is 4.38. The van der Waals surface area contributed by atoms with E-state index in [4.69, 9.17) is 9.47 Å². The number of halogens is 3. The lowest BCUT2D eigenvalue weighted by Crippen LogP contribution is -2.13. The summed E-state index contributed by atoms with van der Waals surface area (Å²) in [6, 6.07) is 4.55. The number of thiazole rings is 1. The molecule has 5 nitrogen and oxygen atoms in total. The second kappa shape index (κ2) is 7.52. The van der Waals surface area contributed by atoms with Gasteiger partial charge < -0.3 is 9.47 Å². The van der Waals surface area contributed by atoms with Crippen molar-refractivity contribution in [1.82, 2.24) is 4.98 Å². The highest BCUT2D eigenvalue weighted by molar-refractivity contribution is 7.14. The van der Waals surface area contributed by atoms with Gasteiger partial charge >= 0.3 is 6.18 Å². The second-order valence-electron chi connectivity index (χ2n) is 4.52. The maximum Gasteiger partial charge on any atom is 0.434 e. The number of hydrogen-bond donors (Lipinski definition) is 1. The van der Waals surface area contributed by atoms with Crippen LogP contribution in [0.2, 0.25) is 0 Å². The Morgan fingerprint density at radius 1 is 1.21 bits per heavy atom. The fourth-order valence-corrected chi connectivity index (χ4v) is 2.54. The molecule has 0 bridgehead atoms. The quantitative estimate of drug-likeness (QED) is 0.838. The van der Waals surface area contributed by atoms with Crippen LogP contribution in [-0.4, -0.2) is 24.1 Å². The summed E-state index contributed by atoms with van der Waals surface area (Å²) in [5, 5.41) is 3.06. The standard InChI is InChI=1S/C15H15F3N2O3S/c1-3-22-10-6-5-9(7-11(10)23-4-2)13(21)20-14-19-12(8-24-14)15(16,17)18/h5-8H,3-4H2,1-2H3,(H,19,20,21). The van der Waals surface area contributed by atoms with Gasteiger partial charge in [0.15, 0.2) is 22.3 Å². The molecule has 1 aromatic carbocycles. The Hall–Kier alpha value is -2.29. The minimum atomic E-state index is -4.54. The number of alkyl halides is 3. The lowest BCUT2D eigenvalue weighted by Gasteiger charge is -2.12. The molecule has 0 spiro atoms. The van der Waals surface area contributed by atoms with Crippen LogP contribution in [0.25, 0.3) is 0 Å². The van der Waals surface area contributed by atoms with Crippen molar-refractivity contribution in [1.29, 1.82) is 0 Å². The van der Waals surface area contributed by atoms with Crippen molar-refractivity contribution in [2.45, 2.75) is 20.0 Å². The molecule has 9 heteroatoms. The third-order valence-electron chi connectivity index (χ3n) is 2.82. The monoisotopic (exact) mass is 360 g/mol. The molecule has 1 N–H and O–H groups in total. The number of nitrogens with zero attached hydrogens (tertiary/aromatic N) is 1. The molecular weight excluding hydrogens is 345 g/mol. The highest BCUT2D eigenvalue weighted by atomic mass is 32.1. The lowest BCUT2D eigenvalue weighted by atomic mass is 10.2. The zero-order valence-electron chi connectivity index (χ0n) is 12.9. The minimum absolute atomic E-state index is 0.126. The van der Waals surface area contributed by atoms with Crippen LogP contribution in [0, 0.1) is 0 Å². The largest absolute Gasteiger partial charge is 0.490 e. The number of carbonyl (C=O) groups excluding carboxylic acids is 1. The Morgan fingerprint density at radius 3 is 2.46 bits per heavy atom. The van der Waals surface area contributed by atoms with Gasteiger partial charge in [-0.1, -0.05) is 0 Å². The molecule has 0 aliphatic carbocycles. The van der Waals surface area contributed by atoms with Crippen molar-refractivity contribution in [2.24, 2.45) is 0 Å². The molecule has 1 heterocycles.